The Kier molecular flexibility index (Phi) is 17.1. The first-order chi connectivity index (χ1) is 11.2. The molecule has 24 heavy (non-hydrogen) atoms. The van der Waals surface area contributed by atoms with Crippen LogP contribution in [0.4, 0.5) is 4.79 Å². The Balaban J connectivity index is 0. The Morgan fingerprint density at radius 3 is 2.54 bits per heavy atom. The van der Waals surface area contributed by atoms with Crippen LogP contribution in [0.25, 0.3) is 0 Å². The first-order valence-corrected chi connectivity index (χ1v) is 7.86. The second kappa shape index (κ2) is 16.5. The zero-order chi connectivity index (χ0) is 17.5. The summed E-state index contributed by atoms with van der Waals surface area (Å²) in [5, 5.41) is 2.79. The molecule has 0 spiro atoms. The van der Waals surface area contributed by atoms with Crippen LogP contribution in [0, 0.1) is 6.73 Å². The maximum absolute atomic E-state index is 11.7. The molecule has 1 unspecified atom stereocenters. The van der Waals surface area contributed by atoms with E-state index in [1.807, 2.05) is 58.0 Å². The Labute approximate surface area is 171 Å². The maximum atomic E-state index is 11.7. The van der Waals surface area contributed by atoms with E-state index in [4.69, 9.17) is 4.74 Å². The van der Waals surface area contributed by atoms with Crippen LogP contribution in [-0.4, -0.2) is 22.9 Å². The molecule has 4 nitrogen and oxygen atoms in total. The van der Waals surface area contributed by atoms with Gasteiger partial charge in [0.15, 0.2) is 0 Å². The van der Waals surface area contributed by atoms with Crippen molar-refractivity contribution in [3.8, 4) is 0 Å². The average molecular weight is 405 g/mol. The van der Waals surface area contributed by atoms with Gasteiger partial charge in [-0.25, -0.2) is 4.79 Å². The van der Waals surface area contributed by atoms with E-state index in [0.717, 1.165) is 6.42 Å². The van der Waals surface area contributed by atoms with Gasteiger partial charge in [0.25, 0.3) is 0 Å². The van der Waals surface area contributed by atoms with Gasteiger partial charge in [-0.15, -0.1) is 0 Å². The van der Waals surface area contributed by atoms with Gasteiger partial charge >= 0.3 is 6.09 Å². The third kappa shape index (κ3) is 12.1. The van der Waals surface area contributed by atoms with Crippen molar-refractivity contribution in [2.45, 2.75) is 40.2 Å². The molecule has 1 amide bonds. The number of hydrogen-bond donors (Lipinski definition) is 1. The number of carbonyl (C=O) groups is 1. The Morgan fingerprint density at radius 1 is 1.38 bits per heavy atom. The number of alkyl carbamates (subject to hydrolysis) is 1. The van der Waals surface area contributed by atoms with E-state index < -0.39 is 6.09 Å². The van der Waals surface area contributed by atoms with E-state index in [-0.39, 0.29) is 38.8 Å². The monoisotopic (exact) mass is 405 g/mol. The molecule has 1 atom stereocenters. The maximum Gasteiger partial charge on any atom is 0.404 e. The molecule has 0 saturated carbocycles. The summed E-state index contributed by atoms with van der Waals surface area (Å²) in [6.07, 6.45) is 7.17. The summed E-state index contributed by atoms with van der Waals surface area (Å²) >= 11 is 0. The summed E-state index contributed by atoms with van der Waals surface area (Å²) in [6.45, 7) is 12.7. The molecule has 0 aliphatic carbocycles. The number of nitrogens with one attached hydrogen (secondary N) is 1. The van der Waals surface area contributed by atoms with E-state index >= 15 is 0 Å². The summed E-state index contributed by atoms with van der Waals surface area (Å²) in [5.74, 6) is 0. The predicted octanol–water partition coefficient (Wildman–Crippen LogP) is 4.29. The number of hydrogen-bond acceptors (Lipinski definition) is 2. The third-order valence-electron chi connectivity index (χ3n) is 2.72. The molecular formula is C19H28N2O2Y. The molecule has 1 radical (unpaired) electrons. The van der Waals surface area contributed by atoms with Crippen LogP contribution in [0.15, 0.2) is 55.3 Å². The van der Waals surface area contributed by atoms with Crippen molar-refractivity contribution in [2.24, 2.45) is 0 Å². The topological polar surface area (TPSA) is 41.3 Å². The zero-order valence-corrected chi connectivity index (χ0v) is 17.9. The summed E-state index contributed by atoms with van der Waals surface area (Å²) in [5.41, 5.74) is 1.17. The molecule has 0 heterocycles. The van der Waals surface area contributed by atoms with Crippen molar-refractivity contribution >= 4 is 12.3 Å². The molecule has 5 heteroatoms. The minimum absolute atomic E-state index is 0. The van der Waals surface area contributed by atoms with E-state index in [1.165, 1.54) is 12.3 Å². The number of benzene rings is 1. The smallest absolute Gasteiger partial charge is 0.404 e. The molecule has 129 valence electrons. The van der Waals surface area contributed by atoms with Crippen LogP contribution in [0.2, 0.25) is 0 Å². The van der Waals surface area contributed by atoms with Crippen LogP contribution in [-0.2, 0) is 43.9 Å². The van der Waals surface area contributed by atoms with Gasteiger partial charge in [-0.1, -0.05) is 62.9 Å². The number of rotatable bonds is 7. The standard InChI is InChI=1S/C17H22N2O2.C2H6.Y/c1-4-6-12-19(5-2)14-21-17(20)18-15(3)13-16-10-8-7-9-11-16;1-2;/h4-12,14-15H,1,13H2,2-3H3,(H,18,20);1-2H3;/b12-6-;;. The number of ether oxygens (including phenoxy) is 1. The van der Waals surface area contributed by atoms with Crippen molar-refractivity contribution in [2.75, 3.05) is 0 Å². The minimum atomic E-state index is -0.475. The van der Waals surface area contributed by atoms with E-state index in [1.54, 1.807) is 29.1 Å². The average Bonchev–Trinajstić information content (AvgIpc) is 2.57. The van der Waals surface area contributed by atoms with Crippen molar-refractivity contribution in [1.29, 1.82) is 0 Å². The number of nitrogens with zero attached hydrogens (tertiary/aromatic N) is 1. The fourth-order valence-corrected chi connectivity index (χ4v) is 1.70. The third-order valence-corrected chi connectivity index (χ3v) is 2.72. The molecular weight excluding hydrogens is 377 g/mol. The van der Waals surface area contributed by atoms with Gasteiger partial charge in [-0.05, 0) is 25.8 Å². The minimum Gasteiger partial charge on any atom is -0.423 e. The van der Waals surface area contributed by atoms with Crippen molar-refractivity contribution in [1.82, 2.24) is 5.32 Å². The van der Waals surface area contributed by atoms with Gasteiger partial charge in [0, 0.05) is 45.0 Å². The molecule has 0 saturated heterocycles. The van der Waals surface area contributed by atoms with Crippen molar-refractivity contribution in [3.63, 3.8) is 0 Å². The van der Waals surface area contributed by atoms with Gasteiger partial charge in [-0.3, -0.25) is 0 Å². The Morgan fingerprint density at radius 2 is 2.00 bits per heavy atom. The summed E-state index contributed by atoms with van der Waals surface area (Å²) in [4.78, 5) is 11.7. The van der Waals surface area contributed by atoms with Gasteiger partial charge in [0.05, 0.1) is 6.20 Å². The van der Waals surface area contributed by atoms with Gasteiger partial charge in [0.1, 0.15) is 0 Å². The SMILES string of the molecule is C=C/C=C\[N+](=C/C)[CH-]OC(=O)NC(C)Cc1ccccc1.CC.[Y]. The number of carbonyl (C=O) groups excluding carboxylic acids is 1. The normalized spacial score (nSPS) is 11.4. The Bertz CT molecular complexity index is 513. The first-order valence-electron chi connectivity index (χ1n) is 7.86. The van der Waals surface area contributed by atoms with E-state index in [2.05, 4.69) is 11.9 Å². The van der Waals surface area contributed by atoms with E-state index in [0.29, 0.717) is 0 Å². The predicted molar refractivity (Wildman–Crippen MR) is 96.2 cm³/mol. The van der Waals surface area contributed by atoms with Crippen LogP contribution >= 0.6 is 0 Å². The molecule has 0 aliphatic rings. The van der Waals surface area contributed by atoms with Crippen molar-refractivity contribution < 1.29 is 46.8 Å². The fourth-order valence-electron chi connectivity index (χ4n) is 1.70. The second-order valence-corrected chi connectivity index (χ2v) is 4.53. The Hall–Kier alpha value is -1.39. The quantitative estimate of drug-likeness (QED) is 0.318. The van der Waals surface area contributed by atoms with Gasteiger partial charge in [-0.2, -0.15) is 0 Å². The number of amides is 1. The molecule has 1 rings (SSSR count). The van der Waals surface area contributed by atoms with E-state index in [9.17, 15) is 4.79 Å². The van der Waals surface area contributed by atoms with Crippen LogP contribution in [0.5, 0.6) is 0 Å². The van der Waals surface area contributed by atoms with Crippen LogP contribution < -0.4 is 5.32 Å². The molecule has 1 aromatic rings. The van der Waals surface area contributed by atoms with Crippen LogP contribution in [0.3, 0.4) is 0 Å². The largest absolute Gasteiger partial charge is 0.423 e. The second-order valence-electron chi connectivity index (χ2n) is 4.53. The molecule has 1 N–H and O–H groups in total. The molecule has 1 aromatic carbocycles. The fraction of sp³-hybridized carbons (Fsp3) is 0.316. The summed E-state index contributed by atoms with van der Waals surface area (Å²) in [6, 6.07) is 9.99. The molecule has 0 bridgehead atoms. The number of allylic oxidation sites excluding steroid dienone is 2. The molecule has 0 aromatic heterocycles. The van der Waals surface area contributed by atoms with Gasteiger partial charge < -0.3 is 14.6 Å². The molecule has 0 fully saturated rings. The van der Waals surface area contributed by atoms with Gasteiger partial charge in [0.2, 0.25) is 6.73 Å². The summed E-state index contributed by atoms with van der Waals surface area (Å²) in [7, 11) is 0. The van der Waals surface area contributed by atoms with Crippen LogP contribution in [0.1, 0.15) is 33.3 Å². The van der Waals surface area contributed by atoms with Crippen molar-refractivity contribution in [3.05, 3.63) is 67.6 Å². The first kappa shape index (κ1) is 24.9. The summed E-state index contributed by atoms with van der Waals surface area (Å²) < 4.78 is 6.66. The zero-order valence-electron chi connectivity index (χ0n) is 15.1. The molecule has 0 aliphatic heterocycles.